The normalized spacial score (nSPS) is 13.5. The maximum Gasteiger partial charge on any atom is 0.407 e. The summed E-state index contributed by atoms with van der Waals surface area (Å²) in [5.41, 5.74) is 6.15. The summed E-state index contributed by atoms with van der Waals surface area (Å²) >= 11 is 0. The summed E-state index contributed by atoms with van der Waals surface area (Å²) in [6.45, 7) is 5.08. The number of nitrogens with one attached hydrogen (secondary N) is 5. The number of anilines is 1. The highest BCUT2D eigenvalue weighted by atomic mass is 16.5. The van der Waals surface area contributed by atoms with Crippen molar-refractivity contribution in [1.82, 2.24) is 26.2 Å². The van der Waals surface area contributed by atoms with E-state index >= 15 is 0 Å². The Kier molecular flexibility index (Phi) is 16.3. The summed E-state index contributed by atoms with van der Waals surface area (Å²) in [5, 5.41) is 12.9. The Morgan fingerprint density at radius 3 is 2.12 bits per heavy atom. The summed E-state index contributed by atoms with van der Waals surface area (Å²) in [6, 6.07) is 3.76. The van der Waals surface area contributed by atoms with Crippen LogP contribution in [0, 0.1) is 5.92 Å². The lowest BCUT2D eigenvalue weighted by molar-refractivity contribution is -0.137. The number of nitrogens with two attached hydrogens (primary N) is 1. The molecule has 8 amide bonds. The largest absolute Gasteiger partial charge is 0.445 e. The minimum absolute atomic E-state index is 0.0653. The van der Waals surface area contributed by atoms with Crippen molar-refractivity contribution in [2.75, 3.05) is 25.0 Å². The molecule has 1 aliphatic heterocycles. The number of carbonyl (C=O) groups excluding carboxylic acids is 8. The SMILES string of the molecule is CC(=O)CNC(=O)OCc1ccc(NC(=O)[C@H](CCCNC(N)=O)NC(=O)[C@@H](NC(=O)CCCCCN2C(=O)C=CC2=O)C(C)C)cc1. The number of ether oxygens (including phenoxy) is 1. The molecule has 2 rings (SSSR count). The number of ketones is 1. The number of urea groups is 1. The van der Waals surface area contributed by atoms with E-state index < -0.39 is 36.0 Å². The van der Waals surface area contributed by atoms with Crippen molar-refractivity contribution in [2.24, 2.45) is 11.7 Å². The van der Waals surface area contributed by atoms with Gasteiger partial charge in [-0.3, -0.25) is 33.7 Å². The molecule has 0 aromatic heterocycles. The first-order valence-corrected chi connectivity index (χ1v) is 15.7. The number of amides is 8. The topological polar surface area (TPSA) is 235 Å². The molecule has 1 aliphatic rings. The van der Waals surface area contributed by atoms with Gasteiger partial charge in [-0.25, -0.2) is 9.59 Å². The summed E-state index contributed by atoms with van der Waals surface area (Å²) in [5.74, 6) is -2.68. The zero-order chi connectivity index (χ0) is 35.6. The number of carbonyl (C=O) groups is 8. The fourth-order valence-corrected chi connectivity index (χ4v) is 4.52. The lowest BCUT2D eigenvalue weighted by Gasteiger charge is -2.25. The molecule has 1 heterocycles. The highest BCUT2D eigenvalue weighted by molar-refractivity contribution is 6.12. The molecule has 0 bridgehead atoms. The third-order valence-electron chi connectivity index (χ3n) is 7.13. The quantitative estimate of drug-likeness (QED) is 0.0856. The number of hydrogen-bond donors (Lipinski definition) is 6. The van der Waals surface area contributed by atoms with E-state index in [-0.39, 0.29) is 68.5 Å². The second kappa shape index (κ2) is 20.1. The van der Waals surface area contributed by atoms with Gasteiger partial charge in [0.25, 0.3) is 11.8 Å². The van der Waals surface area contributed by atoms with Crippen LogP contribution in [0.2, 0.25) is 0 Å². The van der Waals surface area contributed by atoms with Crippen molar-refractivity contribution in [3.63, 3.8) is 0 Å². The van der Waals surface area contributed by atoms with Gasteiger partial charge in [0.15, 0.2) is 0 Å². The number of hydrogen-bond acceptors (Lipinski definition) is 9. The van der Waals surface area contributed by atoms with Crippen molar-refractivity contribution in [3.8, 4) is 0 Å². The Balaban J connectivity index is 1.93. The van der Waals surface area contributed by atoms with Crippen LogP contribution in [0.25, 0.3) is 0 Å². The number of benzene rings is 1. The highest BCUT2D eigenvalue weighted by Gasteiger charge is 2.29. The molecule has 0 unspecified atom stereocenters. The molecule has 48 heavy (non-hydrogen) atoms. The molecule has 0 aliphatic carbocycles. The predicted octanol–water partition coefficient (Wildman–Crippen LogP) is 1.000. The summed E-state index contributed by atoms with van der Waals surface area (Å²) in [7, 11) is 0. The zero-order valence-electron chi connectivity index (χ0n) is 27.5. The zero-order valence-corrected chi connectivity index (χ0v) is 27.5. The van der Waals surface area contributed by atoms with E-state index in [0.717, 1.165) is 4.90 Å². The fourth-order valence-electron chi connectivity index (χ4n) is 4.52. The molecule has 0 radical (unpaired) electrons. The van der Waals surface area contributed by atoms with E-state index in [1.54, 1.807) is 38.1 Å². The maximum atomic E-state index is 13.3. The van der Waals surface area contributed by atoms with E-state index in [0.29, 0.717) is 36.9 Å². The molecule has 2 atom stereocenters. The van der Waals surface area contributed by atoms with E-state index in [2.05, 4.69) is 26.6 Å². The molecule has 7 N–H and O–H groups in total. The van der Waals surface area contributed by atoms with Gasteiger partial charge in [0.2, 0.25) is 17.7 Å². The van der Waals surface area contributed by atoms with Gasteiger partial charge >= 0.3 is 12.1 Å². The van der Waals surface area contributed by atoms with E-state index in [1.165, 1.54) is 19.1 Å². The summed E-state index contributed by atoms with van der Waals surface area (Å²) in [4.78, 5) is 97.5. The van der Waals surface area contributed by atoms with Crippen molar-refractivity contribution in [2.45, 2.75) is 78.0 Å². The standard InChI is InChI=1S/C32H45N7O9/c1-20(2)28(38-25(41)9-5-4-6-17-39-26(42)14-15-27(39)43)30(45)37-24(8-7-16-34-31(33)46)29(44)36-23-12-10-22(11-13-23)19-48-32(47)35-18-21(3)40/h10-15,20,24,28H,4-9,16-19H2,1-3H3,(H,35,47)(H,36,44)(H,37,45)(H,38,41)(H3,33,34,46)/t24-,28-/m0/s1. The predicted molar refractivity (Wildman–Crippen MR) is 174 cm³/mol. The van der Waals surface area contributed by atoms with Crippen molar-refractivity contribution < 1.29 is 43.1 Å². The minimum Gasteiger partial charge on any atom is -0.445 e. The average molecular weight is 672 g/mol. The number of nitrogens with zero attached hydrogens (tertiary/aromatic N) is 1. The molecule has 1 aromatic rings. The van der Waals surface area contributed by atoms with Crippen molar-refractivity contribution >= 4 is 53.1 Å². The van der Waals surface area contributed by atoms with Gasteiger partial charge in [-0.1, -0.05) is 32.4 Å². The molecule has 0 saturated heterocycles. The van der Waals surface area contributed by atoms with E-state index in [1.807, 2.05) is 0 Å². The number of alkyl carbamates (subject to hydrolysis) is 1. The smallest absolute Gasteiger partial charge is 0.407 e. The Bertz CT molecular complexity index is 1340. The van der Waals surface area contributed by atoms with Gasteiger partial charge in [0, 0.05) is 37.3 Å². The number of unbranched alkanes of at least 4 members (excludes halogenated alkanes) is 2. The molecule has 0 spiro atoms. The molecule has 16 heteroatoms. The van der Waals surface area contributed by atoms with Crippen LogP contribution in [0.5, 0.6) is 0 Å². The molecular formula is C32H45N7O9. The lowest BCUT2D eigenvalue weighted by atomic mass is 10.0. The first-order chi connectivity index (χ1) is 22.8. The summed E-state index contributed by atoms with van der Waals surface area (Å²) < 4.78 is 5.05. The van der Waals surface area contributed by atoms with Crippen molar-refractivity contribution in [1.29, 1.82) is 0 Å². The first kappa shape index (κ1) is 38.9. The lowest BCUT2D eigenvalue weighted by Crippen LogP contribution is -2.54. The number of imide groups is 1. The average Bonchev–Trinajstić information content (AvgIpc) is 3.35. The molecular weight excluding hydrogens is 626 g/mol. The number of Topliss-reactive ketones (excluding diaryl/α,β-unsaturated/α-hetero) is 1. The van der Waals surface area contributed by atoms with Crippen LogP contribution in [0.15, 0.2) is 36.4 Å². The molecule has 1 aromatic carbocycles. The van der Waals surface area contributed by atoms with Crippen LogP contribution in [0.4, 0.5) is 15.3 Å². The Morgan fingerprint density at radius 1 is 0.854 bits per heavy atom. The second-order valence-electron chi connectivity index (χ2n) is 11.6. The number of primary amides is 1. The van der Waals surface area contributed by atoms with Crippen LogP contribution in [0.3, 0.4) is 0 Å². The Labute approximate surface area is 278 Å². The van der Waals surface area contributed by atoms with Crippen LogP contribution in [-0.2, 0) is 40.1 Å². The Morgan fingerprint density at radius 2 is 1.52 bits per heavy atom. The van der Waals surface area contributed by atoms with Gasteiger partial charge in [0.05, 0.1) is 6.54 Å². The van der Waals surface area contributed by atoms with Gasteiger partial charge < -0.3 is 37.1 Å². The van der Waals surface area contributed by atoms with Crippen molar-refractivity contribution in [3.05, 3.63) is 42.0 Å². The van der Waals surface area contributed by atoms with Gasteiger partial charge in [0.1, 0.15) is 24.5 Å². The first-order valence-electron chi connectivity index (χ1n) is 15.7. The van der Waals surface area contributed by atoms with E-state index in [9.17, 15) is 38.4 Å². The van der Waals surface area contributed by atoms with Crippen LogP contribution >= 0.6 is 0 Å². The minimum atomic E-state index is -1.02. The fraction of sp³-hybridized carbons (Fsp3) is 0.500. The summed E-state index contributed by atoms with van der Waals surface area (Å²) in [6.07, 6.45) is 3.90. The van der Waals surface area contributed by atoms with Gasteiger partial charge in [-0.05, 0) is 56.2 Å². The monoisotopic (exact) mass is 671 g/mol. The molecule has 262 valence electrons. The maximum absolute atomic E-state index is 13.3. The van der Waals surface area contributed by atoms with Crippen LogP contribution in [0.1, 0.15) is 64.9 Å². The highest BCUT2D eigenvalue weighted by Crippen LogP contribution is 2.13. The third kappa shape index (κ3) is 14.4. The molecule has 0 saturated carbocycles. The second-order valence-corrected chi connectivity index (χ2v) is 11.6. The molecule has 16 nitrogen and oxygen atoms in total. The van der Waals surface area contributed by atoms with Gasteiger partial charge in [-0.15, -0.1) is 0 Å². The number of rotatable bonds is 20. The van der Waals surface area contributed by atoms with Crippen LogP contribution < -0.4 is 32.3 Å². The third-order valence-corrected chi connectivity index (χ3v) is 7.13. The van der Waals surface area contributed by atoms with E-state index in [4.69, 9.17) is 10.5 Å². The molecule has 0 fully saturated rings. The Hall–Kier alpha value is -5.28. The van der Waals surface area contributed by atoms with Crippen LogP contribution in [-0.4, -0.2) is 84.1 Å². The van der Waals surface area contributed by atoms with Gasteiger partial charge in [-0.2, -0.15) is 0 Å².